The second-order valence-corrected chi connectivity index (χ2v) is 6.83. The monoisotopic (exact) mass is 429 g/mol. The highest BCUT2D eigenvalue weighted by molar-refractivity contribution is 8.22. The van der Waals surface area contributed by atoms with Crippen molar-refractivity contribution in [3.8, 4) is 0 Å². The van der Waals surface area contributed by atoms with E-state index in [1.54, 1.807) is 0 Å². The summed E-state index contributed by atoms with van der Waals surface area (Å²) >= 11 is 15.4. The van der Waals surface area contributed by atoms with Crippen molar-refractivity contribution >= 4 is 58.3 Å². The van der Waals surface area contributed by atoms with Crippen LogP contribution in [0.3, 0.4) is 0 Å². The number of thioether (sulfide) groups is 2. The fourth-order valence-corrected chi connectivity index (χ4v) is 3.16. The Morgan fingerprint density at radius 1 is 0.955 bits per heavy atom. The van der Waals surface area contributed by atoms with Gasteiger partial charge in [0.1, 0.15) is 8.73 Å². The number of rotatable bonds is 6. The van der Waals surface area contributed by atoms with Gasteiger partial charge in [0, 0.05) is 0 Å². The van der Waals surface area contributed by atoms with Crippen molar-refractivity contribution < 1.29 is 31.3 Å². The first-order valence-corrected chi connectivity index (χ1v) is 7.84. The highest BCUT2D eigenvalue weighted by Gasteiger charge is 2.35. The summed E-state index contributed by atoms with van der Waals surface area (Å²) in [5.41, 5.74) is -1.22. The smallest absolute Gasteiger partial charge is 0.258 e. The van der Waals surface area contributed by atoms with Crippen molar-refractivity contribution in [1.82, 2.24) is 0 Å². The average molecular weight is 431 g/mol. The van der Waals surface area contributed by atoms with Crippen LogP contribution in [0.1, 0.15) is 0 Å². The van der Waals surface area contributed by atoms with Gasteiger partial charge in [0.25, 0.3) is 0 Å². The zero-order chi connectivity index (χ0) is 17.7. The fourth-order valence-electron chi connectivity index (χ4n) is 0.807. The average Bonchev–Trinajstić information content (AvgIpc) is 2.29. The van der Waals surface area contributed by atoms with Gasteiger partial charge < -0.3 is 0 Å². The van der Waals surface area contributed by atoms with Gasteiger partial charge in [-0.3, -0.25) is 10.1 Å². The van der Waals surface area contributed by atoms with Gasteiger partial charge >= 0.3 is 18.0 Å². The van der Waals surface area contributed by atoms with Crippen molar-refractivity contribution in [2.24, 2.45) is 0 Å². The summed E-state index contributed by atoms with van der Waals surface area (Å²) in [4.78, 5) is 9.60. The molecule has 0 aromatic rings. The molecule has 0 amide bonds. The molecule has 0 heterocycles. The summed E-state index contributed by atoms with van der Waals surface area (Å²) in [6.07, 6.45) is -9.51. The van der Waals surface area contributed by atoms with E-state index in [0.717, 1.165) is 0 Å². The van der Waals surface area contributed by atoms with Gasteiger partial charge in [0.15, 0.2) is 5.03 Å². The Labute approximate surface area is 143 Å². The van der Waals surface area contributed by atoms with Gasteiger partial charge in [0.2, 0.25) is 0 Å². The van der Waals surface area contributed by atoms with Crippen LogP contribution in [0.15, 0.2) is 19.5 Å². The van der Waals surface area contributed by atoms with E-state index in [9.17, 15) is 36.5 Å². The molecule has 0 radical (unpaired) electrons. The summed E-state index contributed by atoms with van der Waals surface area (Å²) in [6.45, 7) is 0. The van der Waals surface area contributed by atoms with Gasteiger partial charge in [-0.25, -0.2) is 0 Å². The van der Waals surface area contributed by atoms with Crippen molar-refractivity contribution in [1.29, 1.82) is 0 Å². The summed E-state index contributed by atoms with van der Waals surface area (Å²) in [6, 6.07) is 0. The Kier molecular flexibility index (Phi) is 8.77. The third-order valence-corrected chi connectivity index (χ3v) is 4.98. The minimum Gasteiger partial charge on any atom is -0.258 e. The molecule has 0 aliphatic carbocycles. The molecule has 0 aromatic heterocycles. The van der Waals surface area contributed by atoms with Crippen LogP contribution < -0.4 is 0 Å². The zero-order valence-corrected chi connectivity index (χ0v) is 13.8. The van der Waals surface area contributed by atoms with E-state index < -0.39 is 48.2 Å². The lowest BCUT2D eigenvalue weighted by molar-refractivity contribution is -0.419. The first-order valence-electron chi connectivity index (χ1n) is 4.73. The molecule has 0 spiro atoms. The second-order valence-electron chi connectivity index (χ2n) is 3.28. The van der Waals surface area contributed by atoms with Crippen molar-refractivity contribution in [3.63, 3.8) is 0 Å². The van der Waals surface area contributed by atoms with Gasteiger partial charge in [-0.05, 0) is 0 Å². The van der Waals surface area contributed by atoms with E-state index in [-0.39, 0.29) is 23.5 Å². The summed E-state index contributed by atoms with van der Waals surface area (Å²) in [5.74, 6) is -3.29. The third-order valence-electron chi connectivity index (χ3n) is 1.48. The Bertz CT molecular complexity index is 467. The maximum absolute atomic E-state index is 12.2. The van der Waals surface area contributed by atoms with E-state index in [0.29, 0.717) is 0 Å². The maximum atomic E-state index is 12.2. The molecule has 0 fully saturated rings. The molecule has 0 aromatic carbocycles. The molecule has 0 bridgehead atoms. The predicted octanol–water partition coefficient (Wildman–Crippen LogP) is 5.91. The Balaban J connectivity index is 5.69. The van der Waals surface area contributed by atoms with Crippen LogP contribution >= 0.6 is 58.3 Å². The third kappa shape index (κ3) is 9.23. The van der Waals surface area contributed by atoms with Crippen LogP contribution in [0.5, 0.6) is 0 Å². The van der Waals surface area contributed by atoms with Gasteiger partial charge in [-0.2, -0.15) is 26.3 Å². The summed E-state index contributed by atoms with van der Waals surface area (Å²) in [7, 11) is 0. The van der Waals surface area contributed by atoms with Gasteiger partial charge in [-0.1, -0.05) is 34.8 Å². The van der Waals surface area contributed by atoms with Gasteiger partial charge in [-0.15, -0.1) is 23.5 Å². The van der Waals surface area contributed by atoms with E-state index >= 15 is 0 Å². The number of halogens is 9. The SMILES string of the molecule is O=[N+]([O-])C(=C(SCC(F)(F)F)SCC(F)(F)F)C(Cl)=C(Cl)Cl. The zero-order valence-electron chi connectivity index (χ0n) is 9.90. The van der Waals surface area contributed by atoms with Crippen LogP contribution in [-0.4, -0.2) is 28.8 Å². The maximum Gasteiger partial charge on any atom is 0.398 e. The highest BCUT2D eigenvalue weighted by atomic mass is 35.5. The Hall–Kier alpha value is 0.0300. The second kappa shape index (κ2) is 8.76. The molecule has 0 saturated carbocycles. The predicted molar refractivity (Wildman–Crippen MR) is 75.6 cm³/mol. The largest absolute Gasteiger partial charge is 0.398 e. The Morgan fingerprint density at radius 3 is 1.55 bits per heavy atom. The molecule has 0 atom stereocenters. The Morgan fingerprint density at radius 2 is 1.32 bits per heavy atom. The quantitative estimate of drug-likeness (QED) is 0.227. The normalized spacial score (nSPS) is 12.0. The number of alkyl halides is 6. The number of nitro groups is 1. The topological polar surface area (TPSA) is 43.1 Å². The minimum atomic E-state index is -4.75. The summed E-state index contributed by atoms with van der Waals surface area (Å²) < 4.78 is 71.3. The van der Waals surface area contributed by atoms with E-state index in [2.05, 4.69) is 0 Å². The molecular formula is C8H4Cl3F6NO2S2. The highest BCUT2D eigenvalue weighted by Crippen LogP contribution is 2.42. The molecule has 14 heteroatoms. The molecule has 0 aliphatic rings. The molecule has 22 heavy (non-hydrogen) atoms. The molecule has 0 saturated heterocycles. The fraction of sp³-hybridized carbons (Fsp3) is 0.500. The molecule has 0 rings (SSSR count). The van der Waals surface area contributed by atoms with Crippen molar-refractivity contribution in [2.75, 3.05) is 11.5 Å². The minimum absolute atomic E-state index is 0.209. The van der Waals surface area contributed by atoms with E-state index in [1.165, 1.54) is 0 Å². The van der Waals surface area contributed by atoms with E-state index in [4.69, 9.17) is 34.8 Å². The van der Waals surface area contributed by atoms with Crippen LogP contribution in [0.4, 0.5) is 26.3 Å². The van der Waals surface area contributed by atoms with Crippen LogP contribution in [-0.2, 0) is 0 Å². The lowest BCUT2D eigenvalue weighted by Gasteiger charge is -2.11. The number of allylic oxidation sites excluding steroid dienone is 1. The van der Waals surface area contributed by atoms with Crippen molar-refractivity contribution in [2.45, 2.75) is 12.4 Å². The summed E-state index contributed by atoms with van der Waals surface area (Å²) in [5, 5.41) is 9.91. The molecule has 0 unspecified atom stereocenters. The van der Waals surface area contributed by atoms with E-state index in [1.807, 2.05) is 0 Å². The first-order chi connectivity index (χ1) is 9.74. The first kappa shape index (κ1) is 22.0. The standard InChI is InChI=1S/C8H4Cl3F6NO2S2/c9-3(5(10)11)4(18(19)20)6(21-1-7(12,13)14)22-2-8(15,16)17/h1-2H2. The van der Waals surface area contributed by atoms with Crippen LogP contribution in [0, 0.1) is 10.1 Å². The lowest BCUT2D eigenvalue weighted by atomic mass is 10.5. The molecule has 3 nitrogen and oxygen atoms in total. The number of hydrogen-bond acceptors (Lipinski definition) is 4. The lowest BCUT2D eigenvalue weighted by Crippen LogP contribution is -2.14. The van der Waals surface area contributed by atoms with Crippen LogP contribution in [0.2, 0.25) is 0 Å². The molecule has 0 N–H and O–H groups in total. The molecule has 128 valence electrons. The van der Waals surface area contributed by atoms with Gasteiger partial charge in [0.05, 0.1) is 16.4 Å². The number of hydrogen-bond donors (Lipinski definition) is 0. The molecule has 0 aliphatic heterocycles. The van der Waals surface area contributed by atoms with Crippen LogP contribution in [0.25, 0.3) is 0 Å². The molecular weight excluding hydrogens is 427 g/mol. The van der Waals surface area contributed by atoms with Crippen molar-refractivity contribution in [3.05, 3.63) is 29.6 Å². The number of nitrogens with zero attached hydrogens (tertiary/aromatic N) is 1.